The Morgan fingerprint density at radius 1 is 1.19 bits per heavy atom. The van der Waals surface area contributed by atoms with Crippen LogP contribution in [0.3, 0.4) is 0 Å². The zero-order chi connectivity index (χ0) is 15.4. The third kappa shape index (κ3) is 2.72. The van der Waals surface area contributed by atoms with Gasteiger partial charge in [-0.2, -0.15) is 5.10 Å². The second kappa shape index (κ2) is 6.35. The van der Waals surface area contributed by atoms with Crippen LogP contribution in [0.15, 0.2) is 30.6 Å². The summed E-state index contributed by atoms with van der Waals surface area (Å²) < 4.78 is 6.85. The fraction of sp³-hybridized carbons (Fsp3) is 0.312. The molecule has 0 fully saturated rings. The Morgan fingerprint density at radius 2 is 1.90 bits per heavy atom. The third-order valence-electron chi connectivity index (χ3n) is 3.31. The highest BCUT2D eigenvalue weighted by Crippen LogP contribution is 2.30. The number of hydrogen-bond acceptors (Lipinski definition) is 4. The van der Waals surface area contributed by atoms with E-state index in [0.29, 0.717) is 35.4 Å². The molecule has 1 aromatic heterocycles. The van der Waals surface area contributed by atoms with Crippen LogP contribution < -0.4 is 4.74 Å². The summed E-state index contributed by atoms with van der Waals surface area (Å²) in [6, 6.07) is 5.10. The number of ketones is 2. The number of aromatic nitrogens is 2. The largest absolute Gasteiger partial charge is 0.496 e. The molecular formula is C16H18N2O3. The number of carbonyl (C=O) groups excluding carboxylic acids is 2. The van der Waals surface area contributed by atoms with Crippen molar-refractivity contribution < 1.29 is 14.3 Å². The molecule has 5 nitrogen and oxygen atoms in total. The van der Waals surface area contributed by atoms with Crippen LogP contribution in [0.25, 0.3) is 5.69 Å². The van der Waals surface area contributed by atoms with Crippen LogP contribution in [0.5, 0.6) is 5.75 Å². The van der Waals surface area contributed by atoms with Gasteiger partial charge < -0.3 is 4.74 Å². The molecule has 1 aromatic carbocycles. The van der Waals surface area contributed by atoms with E-state index in [0.717, 1.165) is 0 Å². The van der Waals surface area contributed by atoms with E-state index >= 15 is 0 Å². The van der Waals surface area contributed by atoms with Crippen molar-refractivity contribution in [3.05, 3.63) is 41.7 Å². The Kier molecular flexibility index (Phi) is 4.52. The standard InChI is InChI=1S/C16H18N2O3/c1-4-12(19)11-7-8-14(21-3)15(13(20)5-2)16(11)18-10-6-9-17-18/h6-10H,4-5H2,1-3H3. The molecule has 5 heteroatoms. The second-order valence-electron chi connectivity index (χ2n) is 4.54. The van der Waals surface area contributed by atoms with Crippen molar-refractivity contribution in [3.8, 4) is 11.4 Å². The number of methoxy groups -OCH3 is 1. The lowest BCUT2D eigenvalue weighted by atomic mass is 9.97. The first kappa shape index (κ1) is 15.0. The molecule has 110 valence electrons. The van der Waals surface area contributed by atoms with Gasteiger partial charge in [-0.1, -0.05) is 13.8 Å². The fourth-order valence-corrected chi connectivity index (χ4v) is 2.24. The molecule has 0 aliphatic carbocycles. The van der Waals surface area contributed by atoms with Crippen molar-refractivity contribution >= 4 is 11.6 Å². The molecule has 0 atom stereocenters. The van der Waals surface area contributed by atoms with Gasteiger partial charge in [0.2, 0.25) is 0 Å². The zero-order valence-electron chi connectivity index (χ0n) is 12.4. The summed E-state index contributed by atoms with van der Waals surface area (Å²) in [4.78, 5) is 24.5. The number of Topliss-reactive ketones (excluding diaryl/α,β-unsaturated/α-hetero) is 2. The Morgan fingerprint density at radius 3 is 2.43 bits per heavy atom. The molecule has 2 rings (SSSR count). The van der Waals surface area contributed by atoms with Crippen molar-refractivity contribution in [1.82, 2.24) is 9.78 Å². The minimum Gasteiger partial charge on any atom is -0.496 e. The van der Waals surface area contributed by atoms with Crippen molar-refractivity contribution in [3.63, 3.8) is 0 Å². The highest BCUT2D eigenvalue weighted by atomic mass is 16.5. The minimum atomic E-state index is -0.0805. The summed E-state index contributed by atoms with van der Waals surface area (Å²) in [5.74, 6) is 0.344. The van der Waals surface area contributed by atoms with E-state index in [4.69, 9.17) is 4.74 Å². The Balaban J connectivity index is 2.81. The molecule has 0 saturated heterocycles. The quantitative estimate of drug-likeness (QED) is 0.766. The van der Waals surface area contributed by atoms with E-state index in [9.17, 15) is 9.59 Å². The molecule has 0 N–H and O–H groups in total. The van der Waals surface area contributed by atoms with Crippen LogP contribution >= 0.6 is 0 Å². The van der Waals surface area contributed by atoms with Gasteiger partial charge in [-0.05, 0) is 18.2 Å². The van der Waals surface area contributed by atoms with Gasteiger partial charge in [0.05, 0.1) is 18.4 Å². The minimum absolute atomic E-state index is 0.0340. The van der Waals surface area contributed by atoms with E-state index in [1.54, 1.807) is 49.1 Å². The van der Waals surface area contributed by atoms with Gasteiger partial charge >= 0.3 is 0 Å². The lowest BCUT2D eigenvalue weighted by molar-refractivity contribution is 0.0985. The average Bonchev–Trinajstić information content (AvgIpc) is 3.05. The average molecular weight is 286 g/mol. The van der Waals surface area contributed by atoms with E-state index < -0.39 is 0 Å². The van der Waals surface area contributed by atoms with Crippen molar-refractivity contribution in [2.24, 2.45) is 0 Å². The van der Waals surface area contributed by atoms with Gasteiger partial charge in [-0.25, -0.2) is 4.68 Å². The van der Waals surface area contributed by atoms with Crippen LogP contribution in [0.1, 0.15) is 47.4 Å². The third-order valence-corrected chi connectivity index (χ3v) is 3.31. The van der Waals surface area contributed by atoms with Gasteiger partial charge in [-0.15, -0.1) is 0 Å². The monoisotopic (exact) mass is 286 g/mol. The number of rotatable bonds is 6. The molecule has 0 spiro atoms. The van der Waals surface area contributed by atoms with Crippen LogP contribution in [0.4, 0.5) is 0 Å². The summed E-state index contributed by atoms with van der Waals surface area (Å²) in [5.41, 5.74) is 1.39. The van der Waals surface area contributed by atoms with Crippen LogP contribution in [0.2, 0.25) is 0 Å². The van der Waals surface area contributed by atoms with Crippen molar-refractivity contribution in [1.29, 1.82) is 0 Å². The molecular weight excluding hydrogens is 268 g/mol. The predicted molar refractivity (Wildman–Crippen MR) is 79.4 cm³/mol. The smallest absolute Gasteiger partial charge is 0.168 e. The normalized spacial score (nSPS) is 10.4. The molecule has 1 heterocycles. The van der Waals surface area contributed by atoms with E-state index in [2.05, 4.69) is 5.10 Å². The summed E-state index contributed by atoms with van der Waals surface area (Å²) in [6.07, 6.45) is 4.02. The molecule has 0 amide bonds. The molecule has 0 aliphatic heterocycles. The number of carbonyl (C=O) groups is 2. The molecule has 21 heavy (non-hydrogen) atoms. The van der Waals surface area contributed by atoms with Crippen LogP contribution in [-0.2, 0) is 0 Å². The number of hydrogen-bond donors (Lipinski definition) is 0. The van der Waals surface area contributed by atoms with Gasteiger partial charge in [0.15, 0.2) is 11.6 Å². The summed E-state index contributed by atoms with van der Waals surface area (Å²) in [5, 5.41) is 4.17. The molecule has 2 aromatic rings. The lowest BCUT2D eigenvalue weighted by Gasteiger charge is -2.16. The van der Waals surface area contributed by atoms with Gasteiger partial charge in [0.25, 0.3) is 0 Å². The maximum absolute atomic E-state index is 12.3. The van der Waals surface area contributed by atoms with Crippen LogP contribution in [-0.4, -0.2) is 28.5 Å². The van der Waals surface area contributed by atoms with Crippen molar-refractivity contribution in [2.75, 3.05) is 7.11 Å². The summed E-state index contributed by atoms with van der Waals surface area (Å²) >= 11 is 0. The Hall–Kier alpha value is -2.43. The zero-order valence-corrected chi connectivity index (χ0v) is 12.4. The number of ether oxygens (including phenoxy) is 1. The highest BCUT2D eigenvalue weighted by molar-refractivity contribution is 6.08. The van der Waals surface area contributed by atoms with Gasteiger partial charge in [0.1, 0.15) is 5.75 Å². The van der Waals surface area contributed by atoms with E-state index in [1.165, 1.54) is 7.11 Å². The predicted octanol–water partition coefficient (Wildman–Crippen LogP) is 3.07. The van der Waals surface area contributed by atoms with Crippen molar-refractivity contribution in [2.45, 2.75) is 26.7 Å². The maximum Gasteiger partial charge on any atom is 0.168 e. The highest BCUT2D eigenvalue weighted by Gasteiger charge is 2.23. The van der Waals surface area contributed by atoms with Gasteiger partial charge in [-0.3, -0.25) is 9.59 Å². The maximum atomic E-state index is 12.3. The lowest BCUT2D eigenvalue weighted by Crippen LogP contribution is -2.14. The fourth-order valence-electron chi connectivity index (χ4n) is 2.24. The number of benzene rings is 1. The summed E-state index contributed by atoms with van der Waals surface area (Å²) in [6.45, 7) is 3.57. The molecule has 0 saturated carbocycles. The topological polar surface area (TPSA) is 61.2 Å². The van der Waals surface area contributed by atoms with E-state index in [1.807, 2.05) is 0 Å². The number of nitrogens with zero attached hydrogens (tertiary/aromatic N) is 2. The van der Waals surface area contributed by atoms with E-state index in [-0.39, 0.29) is 11.6 Å². The SMILES string of the molecule is CCC(=O)c1ccc(OC)c(C(=O)CC)c1-n1cccn1. The van der Waals surface area contributed by atoms with Crippen LogP contribution in [0, 0.1) is 0 Å². The summed E-state index contributed by atoms with van der Waals surface area (Å²) in [7, 11) is 1.51. The van der Waals surface area contributed by atoms with Gasteiger partial charge in [0, 0.05) is 30.8 Å². The molecule has 0 bridgehead atoms. The first-order valence-electron chi connectivity index (χ1n) is 6.91. The molecule has 0 radical (unpaired) electrons. The Labute approximate surface area is 123 Å². The Bertz CT molecular complexity index is 660. The first-order valence-corrected chi connectivity index (χ1v) is 6.91. The molecule has 0 aliphatic rings. The first-order chi connectivity index (χ1) is 10.1. The second-order valence-corrected chi connectivity index (χ2v) is 4.54. The molecule has 0 unspecified atom stereocenters.